The molecule has 25 heavy (non-hydrogen) atoms. The fourth-order valence-corrected chi connectivity index (χ4v) is 2.84. The van der Waals surface area contributed by atoms with Crippen LogP contribution in [0.1, 0.15) is 16.7 Å². The zero-order valence-electron chi connectivity index (χ0n) is 13.6. The summed E-state index contributed by atoms with van der Waals surface area (Å²) in [6, 6.07) is 16.8. The average molecular weight is 340 g/mol. The predicted octanol–water partition coefficient (Wildman–Crippen LogP) is 0.567. The van der Waals surface area contributed by atoms with Crippen molar-refractivity contribution in [2.75, 3.05) is 0 Å². The first-order chi connectivity index (χ1) is 12.1. The highest BCUT2D eigenvalue weighted by Crippen LogP contribution is 2.23. The Kier molecular flexibility index (Phi) is 5.11. The van der Waals surface area contributed by atoms with E-state index in [9.17, 15) is 19.8 Å². The first kappa shape index (κ1) is 17.1. The Bertz CT molecular complexity index is 738. The molecule has 3 rings (SSSR count). The van der Waals surface area contributed by atoms with Gasteiger partial charge in [0.15, 0.2) is 12.2 Å². The number of hydrogen-bond acceptors (Lipinski definition) is 4. The highest BCUT2D eigenvalue weighted by atomic mass is 16.3. The summed E-state index contributed by atoms with van der Waals surface area (Å²) in [5, 5.41) is 22.6. The molecule has 0 aliphatic carbocycles. The van der Waals surface area contributed by atoms with E-state index in [1.807, 2.05) is 54.6 Å². The molecule has 1 aliphatic heterocycles. The van der Waals surface area contributed by atoms with Crippen molar-refractivity contribution in [1.29, 1.82) is 0 Å². The summed E-state index contributed by atoms with van der Waals surface area (Å²) in [5.41, 5.74) is 2.87. The molecule has 2 aromatic carbocycles. The van der Waals surface area contributed by atoms with Crippen molar-refractivity contribution < 1.29 is 19.8 Å². The second kappa shape index (κ2) is 7.46. The summed E-state index contributed by atoms with van der Waals surface area (Å²) in [6.45, 7) is 0.946. The normalized spacial score (nSPS) is 15.4. The number of aliphatic hydroxyl groups is 2. The van der Waals surface area contributed by atoms with Crippen LogP contribution in [0.15, 0.2) is 54.6 Å². The molecule has 6 heteroatoms. The molecule has 0 fully saturated rings. The lowest BCUT2D eigenvalue weighted by Gasteiger charge is -2.22. The van der Waals surface area contributed by atoms with Crippen LogP contribution in [0.5, 0.6) is 0 Å². The number of carbonyl (C=O) groups excluding carboxylic acids is 2. The van der Waals surface area contributed by atoms with Gasteiger partial charge >= 0.3 is 0 Å². The van der Waals surface area contributed by atoms with E-state index in [2.05, 4.69) is 5.32 Å². The van der Waals surface area contributed by atoms with Crippen molar-refractivity contribution in [2.24, 2.45) is 0 Å². The average Bonchev–Trinajstić information content (AvgIpc) is 3.09. The van der Waals surface area contributed by atoms with Gasteiger partial charge in [0, 0.05) is 19.6 Å². The predicted molar refractivity (Wildman–Crippen MR) is 91.0 cm³/mol. The number of rotatable bonds is 5. The second-order valence-electron chi connectivity index (χ2n) is 6.06. The van der Waals surface area contributed by atoms with Gasteiger partial charge in [-0.1, -0.05) is 54.6 Å². The van der Waals surface area contributed by atoms with Gasteiger partial charge in [-0.05, 0) is 16.7 Å². The minimum atomic E-state index is -1.81. The van der Waals surface area contributed by atoms with E-state index in [1.54, 1.807) is 0 Å². The Hall–Kier alpha value is -2.70. The molecule has 3 N–H and O–H groups in total. The minimum Gasteiger partial charge on any atom is -0.380 e. The largest absolute Gasteiger partial charge is 0.380 e. The molecule has 0 aromatic heterocycles. The van der Waals surface area contributed by atoms with Gasteiger partial charge in [0.25, 0.3) is 11.8 Å². The molecule has 1 aliphatic rings. The molecule has 0 unspecified atom stereocenters. The highest BCUT2D eigenvalue weighted by Gasteiger charge is 2.35. The number of nitrogens with zero attached hydrogens (tertiary/aromatic N) is 1. The van der Waals surface area contributed by atoms with E-state index in [-0.39, 0.29) is 6.54 Å². The summed E-state index contributed by atoms with van der Waals surface area (Å²) >= 11 is 0. The smallest absolute Gasteiger partial charge is 0.255 e. The van der Waals surface area contributed by atoms with Gasteiger partial charge in [-0.3, -0.25) is 9.59 Å². The number of aliphatic hydroxyl groups excluding tert-OH is 2. The Morgan fingerprint density at radius 2 is 1.48 bits per heavy atom. The number of nitrogens with one attached hydrogen (secondary N) is 1. The van der Waals surface area contributed by atoms with Crippen LogP contribution >= 0.6 is 0 Å². The molecule has 0 spiro atoms. The molecule has 0 radical (unpaired) electrons. The molecular weight excluding hydrogens is 320 g/mol. The quantitative estimate of drug-likeness (QED) is 0.742. The van der Waals surface area contributed by atoms with Crippen molar-refractivity contribution in [3.05, 3.63) is 71.3 Å². The van der Waals surface area contributed by atoms with Crippen molar-refractivity contribution in [3.8, 4) is 0 Å². The first-order valence-electron chi connectivity index (χ1n) is 8.09. The lowest BCUT2D eigenvalue weighted by molar-refractivity contribution is -0.153. The molecule has 0 bridgehead atoms. The van der Waals surface area contributed by atoms with Crippen LogP contribution in [0.3, 0.4) is 0 Å². The number of benzene rings is 2. The molecule has 2 atom stereocenters. The molecule has 0 saturated carbocycles. The number of fused-ring (bicyclic) bond motifs is 1. The van der Waals surface area contributed by atoms with Crippen LogP contribution in [0, 0.1) is 0 Å². The maximum absolute atomic E-state index is 12.4. The maximum atomic E-state index is 12.4. The molecule has 130 valence electrons. The van der Waals surface area contributed by atoms with E-state index < -0.39 is 24.0 Å². The van der Waals surface area contributed by atoms with Crippen molar-refractivity contribution in [1.82, 2.24) is 10.2 Å². The van der Waals surface area contributed by atoms with Crippen LogP contribution in [0.2, 0.25) is 0 Å². The van der Waals surface area contributed by atoms with Crippen LogP contribution in [-0.2, 0) is 29.2 Å². The van der Waals surface area contributed by atoms with Crippen molar-refractivity contribution in [2.45, 2.75) is 31.8 Å². The van der Waals surface area contributed by atoms with E-state index in [1.165, 1.54) is 4.90 Å². The van der Waals surface area contributed by atoms with Gasteiger partial charge < -0.3 is 20.4 Å². The SMILES string of the molecule is O=C(NCc1ccccc1)[C@H](O)[C@@H](O)C(=O)N1Cc2ccccc2C1. The summed E-state index contributed by atoms with van der Waals surface area (Å²) in [4.78, 5) is 25.8. The van der Waals surface area contributed by atoms with Crippen LogP contribution in [0.4, 0.5) is 0 Å². The highest BCUT2D eigenvalue weighted by molar-refractivity contribution is 5.90. The standard InChI is InChI=1S/C19H20N2O4/c22-16(18(24)20-10-13-6-2-1-3-7-13)17(23)19(25)21-11-14-8-4-5-9-15(14)12-21/h1-9,16-17,22-23H,10-12H2,(H,20,24)/t16-,17-/m1/s1. The van der Waals surface area contributed by atoms with Crippen LogP contribution in [-0.4, -0.2) is 39.1 Å². The van der Waals surface area contributed by atoms with E-state index in [0.717, 1.165) is 16.7 Å². The van der Waals surface area contributed by atoms with Crippen LogP contribution < -0.4 is 5.32 Å². The van der Waals surface area contributed by atoms with E-state index >= 15 is 0 Å². The maximum Gasteiger partial charge on any atom is 0.255 e. The third-order valence-corrected chi connectivity index (χ3v) is 4.28. The molecule has 0 saturated heterocycles. The third-order valence-electron chi connectivity index (χ3n) is 4.28. The van der Waals surface area contributed by atoms with E-state index in [0.29, 0.717) is 13.1 Å². The fraction of sp³-hybridized carbons (Fsp3) is 0.263. The summed E-state index contributed by atoms with van der Waals surface area (Å²) in [7, 11) is 0. The number of carbonyl (C=O) groups is 2. The lowest BCUT2D eigenvalue weighted by atomic mass is 10.1. The Balaban J connectivity index is 1.55. The fourth-order valence-electron chi connectivity index (χ4n) is 2.84. The minimum absolute atomic E-state index is 0.215. The summed E-state index contributed by atoms with van der Waals surface area (Å²) in [6.07, 6.45) is -3.59. The topological polar surface area (TPSA) is 89.9 Å². The number of amides is 2. The lowest BCUT2D eigenvalue weighted by Crippen LogP contribution is -2.49. The summed E-state index contributed by atoms with van der Waals surface area (Å²) < 4.78 is 0. The molecule has 2 aromatic rings. The van der Waals surface area contributed by atoms with Gasteiger partial charge in [-0.2, -0.15) is 0 Å². The molecular formula is C19H20N2O4. The van der Waals surface area contributed by atoms with Gasteiger partial charge in [0.1, 0.15) is 0 Å². The monoisotopic (exact) mass is 340 g/mol. The van der Waals surface area contributed by atoms with E-state index in [4.69, 9.17) is 0 Å². The Morgan fingerprint density at radius 1 is 0.920 bits per heavy atom. The van der Waals surface area contributed by atoms with Gasteiger partial charge in [-0.15, -0.1) is 0 Å². The van der Waals surface area contributed by atoms with Gasteiger partial charge in [0.2, 0.25) is 0 Å². The summed E-state index contributed by atoms with van der Waals surface area (Å²) in [5.74, 6) is -1.43. The first-order valence-corrected chi connectivity index (χ1v) is 8.09. The third kappa shape index (κ3) is 3.87. The molecule has 1 heterocycles. The Labute approximate surface area is 145 Å². The van der Waals surface area contributed by atoms with Gasteiger partial charge in [-0.25, -0.2) is 0 Å². The van der Waals surface area contributed by atoms with Crippen LogP contribution in [0.25, 0.3) is 0 Å². The van der Waals surface area contributed by atoms with Crippen molar-refractivity contribution >= 4 is 11.8 Å². The molecule has 2 amide bonds. The zero-order valence-corrected chi connectivity index (χ0v) is 13.6. The van der Waals surface area contributed by atoms with Crippen molar-refractivity contribution in [3.63, 3.8) is 0 Å². The van der Waals surface area contributed by atoms with Gasteiger partial charge in [0.05, 0.1) is 0 Å². The zero-order chi connectivity index (χ0) is 17.8. The molecule has 6 nitrogen and oxygen atoms in total. The Morgan fingerprint density at radius 3 is 2.08 bits per heavy atom. The second-order valence-corrected chi connectivity index (χ2v) is 6.06. The number of hydrogen-bond donors (Lipinski definition) is 3.